The van der Waals surface area contributed by atoms with Crippen molar-refractivity contribution in [2.45, 2.75) is 12.5 Å². The van der Waals surface area contributed by atoms with Gasteiger partial charge in [0.1, 0.15) is 11.9 Å². The van der Waals surface area contributed by atoms with Crippen molar-refractivity contribution < 1.29 is 9.18 Å². The average molecular weight is 370 g/mol. The highest BCUT2D eigenvalue weighted by Crippen LogP contribution is 2.39. The Bertz CT molecular complexity index is 1170. The Hall–Kier alpha value is -3.40. The molecule has 1 aliphatic rings. The van der Waals surface area contributed by atoms with Crippen molar-refractivity contribution in [1.29, 1.82) is 0 Å². The number of H-pyrrole nitrogens is 1. The van der Waals surface area contributed by atoms with Gasteiger partial charge >= 0.3 is 0 Å². The number of aromatic nitrogens is 1. The number of carbonyl (C=O) groups is 1. The number of fused-ring (bicyclic) bond motifs is 3. The molecule has 3 nitrogen and oxygen atoms in total. The number of nitrogens with zero attached hydrogens (tertiary/aromatic N) is 1. The Morgan fingerprint density at radius 2 is 1.64 bits per heavy atom. The fourth-order valence-corrected chi connectivity index (χ4v) is 4.23. The van der Waals surface area contributed by atoms with Gasteiger partial charge in [-0.05, 0) is 36.2 Å². The van der Waals surface area contributed by atoms with E-state index < -0.39 is 6.04 Å². The number of rotatable bonds is 2. The topological polar surface area (TPSA) is 36.1 Å². The summed E-state index contributed by atoms with van der Waals surface area (Å²) in [6.07, 6.45) is 0.739. The molecule has 1 N–H and O–H groups in total. The zero-order chi connectivity index (χ0) is 19.1. The Labute approximate surface area is 162 Å². The van der Waals surface area contributed by atoms with Crippen molar-refractivity contribution in [2.24, 2.45) is 0 Å². The van der Waals surface area contributed by atoms with Gasteiger partial charge in [0.05, 0.1) is 0 Å². The molecule has 3 aromatic carbocycles. The highest BCUT2D eigenvalue weighted by molar-refractivity contribution is 5.95. The highest BCUT2D eigenvalue weighted by Gasteiger charge is 2.36. The largest absolute Gasteiger partial charge is 0.356 e. The molecule has 4 aromatic rings. The molecule has 0 bridgehead atoms. The lowest BCUT2D eigenvalue weighted by molar-refractivity contribution is 0.0689. The number of halogens is 1. The highest BCUT2D eigenvalue weighted by atomic mass is 19.1. The molecule has 138 valence electrons. The molecule has 1 aromatic heterocycles. The predicted octanol–water partition coefficient (Wildman–Crippen LogP) is 5.09. The zero-order valence-electron chi connectivity index (χ0n) is 15.2. The number of nitrogens with one attached hydrogen (secondary N) is 1. The summed E-state index contributed by atoms with van der Waals surface area (Å²) in [6, 6.07) is 23.5. The van der Waals surface area contributed by atoms with Crippen molar-refractivity contribution in [1.82, 2.24) is 9.88 Å². The molecule has 0 fully saturated rings. The van der Waals surface area contributed by atoms with Crippen LogP contribution in [0.25, 0.3) is 10.9 Å². The average Bonchev–Trinajstić information content (AvgIpc) is 3.12. The number of hydrogen-bond donors (Lipinski definition) is 1. The maximum Gasteiger partial charge on any atom is 0.254 e. The molecule has 1 unspecified atom stereocenters. The van der Waals surface area contributed by atoms with Gasteiger partial charge in [-0.25, -0.2) is 4.39 Å². The fraction of sp³-hybridized carbons (Fsp3) is 0.125. The van der Waals surface area contributed by atoms with Crippen LogP contribution in [-0.2, 0) is 6.42 Å². The number of carbonyl (C=O) groups excluding carboxylic acids is 1. The van der Waals surface area contributed by atoms with Crippen LogP contribution in [0.3, 0.4) is 0 Å². The Morgan fingerprint density at radius 3 is 2.46 bits per heavy atom. The van der Waals surface area contributed by atoms with Gasteiger partial charge in [0.15, 0.2) is 0 Å². The van der Waals surface area contributed by atoms with E-state index in [1.165, 1.54) is 11.6 Å². The minimum absolute atomic E-state index is 0.0850. The van der Waals surface area contributed by atoms with Crippen LogP contribution in [-0.4, -0.2) is 22.3 Å². The number of para-hydroxylation sites is 1. The smallest absolute Gasteiger partial charge is 0.254 e. The molecule has 1 aliphatic heterocycles. The molecule has 2 heterocycles. The quantitative estimate of drug-likeness (QED) is 0.524. The van der Waals surface area contributed by atoms with E-state index in [9.17, 15) is 9.18 Å². The molecular formula is C24H19FN2O. The Morgan fingerprint density at radius 1 is 0.929 bits per heavy atom. The van der Waals surface area contributed by atoms with Crippen LogP contribution in [0.15, 0.2) is 78.9 Å². The van der Waals surface area contributed by atoms with Crippen molar-refractivity contribution >= 4 is 16.8 Å². The molecule has 4 heteroatoms. The zero-order valence-corrected chi connectivity index (χ0v) is 15.2. The van der Waals surface area contributed by atoms with Gasteiger partial charge in [-0.3, -0.25) is 4.79 Å². The number of amides is 1. The van der Waals surface area contributed by atoms with Crippen LogP contribution in [0.2, 0.25) is 0 Å². The van der Waals surface area contributed by atoms with Crippen molar-refractivity contribution in [3.8, 4) is 0 Å². The van der Waals surface area contributed by atoms with E-state index in [0.717, 1.165) is 23.0 Å². The van der Waals surface area contributed by atoms with Crippen molar-refractivity contribution in [2.75, 3.05) is 6.54 Å². The van der Waals surface area contributed by atoms with Crippen LogP contribution in [0, 0.1) is 5.82 Å². The van der Waals surface area contributed by atoms with Crippen molar-refractivity contribution in [3.63, 3.8) is 0 Å². The van der Waals surface area contributed by atoms with Gasteiger partial charge in [-0.15, -0.1) is 0 Å². The molecule has 0 aliphatic carbocycles. The van der Waals surface area contributed by atoms with E-state index in [-0.39, 0.29) is 11.7 Å². The third kappa shape index (κ3) is 2.61. The minimum Gasteiger partial charge on any atom is -0.356 e. The summed E-state index contributed by atoms with van der Waals surface area (Å²) in [5.74, 6) is -0.386. The summed E-state index contributed by atoms with van der Waals surface area (Å²) >= 11 is 0. The van der Waals surface area contributed by atoms with Crippen LogP contribution in [0.4, 0.5) is 4.39 Å². The summed E-state index contributed by atoms with van der Waals surface area (Å²) in [7, 11) is 0. The molecule has 0 saturated heterocycles. The third-order valence-electron chi connectivity index (χ3n) is 5.52. The first-order valence-electron chi connectivity index (χ1n) is 9.44. The second kappa shape index (κ2) is 6.64. The SMILES string of the molecule is O=C(c1ccccc1)N1CCc2c([nH]c3ccccc23)C1c1ccccc1F. The molecule has 0 radical (unpaired) electrons. The Kier molecular flexibility index (Phi) is 3.97. The van der Waals surface area contributed by atoms with Crippen LogP contribution in [0.1, 0.15) is 33.2 Å². The summed E-state index contributed by atoms with van der Waals surface area (Å²) in [5.41, 5.74) is 4.22. The van der Waals surface area contributed by atoms with Gasteiger partial charge in [0.2, 0.25) is 0 Å². The van der Waals surface area contributed by atoms with E-state index in [0.29, 0.717) is 17.7 Å². The van der Waals surface area contributed by atoms with E-state index >= 15 is 0 Å². The lowest BCUT2D eigenvalue weighted by atomic mass is 9.91. The van der Waals surface area contributed by atoms with E-state index in [4.69, 9.17) is 0 Å². The maximum atomic E-state index is 14.8. The number of hydrogen-bond acceptors (Lipinski definition) is 1. The van der Waals surface area contributed by atoms with E-state index in [1.807, 2.05) is 54.6 Å². The lowest BCUT2D eigenvalue weighted by Gasteiger charge is -2.36. The summed E-state index contributed by atoms with van der Waals surface area (Å²) in [5, 5.41) is 1.14. The number of aromatic amines is 1. The first-order valence-corrected chi connectivity index (χ1v) is 9.44. The van der Waals surface area contributed by atoms with Crippen LogP contribution < -0.4 is 0 Å². The first kappa shape index (κ1) is 16.8. The summed E-state index contributed by atoms with van der Waals surface area (Å²) < 4.78 is 14.8. The predicted molar refractivity (Wildman–Crippen MR) is 108 cm³/mol. The summed E-state index contributed by atoms with van der Waals surface area (Å²) in [6.45, 7) is 0.543. The van der Waals surface area contributed by atoms with Crippen LogP contribution >= 0.6 is 0 Å². The fourth-order valence-electron chi connectivity index (χ4n) is 4.23. The standard InChI is InChI=1S/C24H19FN2O/c25-20-12-6-4-11-19(20)23-22-18(17-10-5-7-13-21(17)26-22)14-15-27(23)24(28)16-8-2-1-3-9-16/h1-13,23,26H,14-15H2. The van der Waals surface area contributed by atoms with Crippen LogP contribution in [0.5, 0.6) is 0 Å². The molecule has 0 spiro atoms. The third-order valence-corrected chi connectivity index (χ3v) is 5.52. The van der Waals surface area contributed by atoms with Gasteiger partial charge < -0.3 is 9.88 Å². The Balaban J connectivity index is 1.70. The van der Waals surface area contributed by atoms with E-state index in [1.54, 1.807) is 17.0 Å². The normalized spacial score (nSPS) is 16.2. The molecule has 0 saturated carbocycles. The molecule has 5 rings (SSSR count). The summed E-state index contributed by atoms with van der Waals surface area (Å²) in [4.78, 5) is 18.6. The molecule has 1 atom stereocenters. The number of benzene rings is 3. The first-order chi connectivity index (χ1) is 13.7. The van der Waals surface area contributed by atoms with Gasteiger partial charge in [-0.2, -0.15) is 0 Å². The van der Waals surface area contributed by atoms with Gasteiger partial charge in [0.25, 0.3) is 5.91 Å². The van der Waals surface area contributed by atoms with Gasteiger partial charge in [-0.1, -0.05) is 54.6 Å². The molecular weight excluding hydrogens is 351 g/mol. The van der Waals surface area contributed by atoms with E-state index in [2.05, 4.69) is 11.1 Å². The maximum absolute atomic E-state index is 14.8. The molecule has 28 heavy (non-hydrogen) atoms. The van der Waals surface area contributed by atoms with Crippen molar-refractivity contribution in [3.05, 3.63) is 107 Å². The van der Waals surface area contributed by atoms with Gasteiger partial charge in [0, 0.05) is 34.3 Å². The molecule has 1 amide bonds. The monoisotopic (exact) mass is 370 g/mol. The second-order valence-corrected chi connectivity index (χ2v) is 7.10. The lowest BCUT2D eigenvalue weighted by Crippen LogP contribution is -2.41. The second-order valence-electron chi connectivity index (χ2n) is 7.10. The minimum atomic E-state index is -0.481.